The normalized spacial score (nSPS) is 26.4. The average Bonchev–Trinajstić information content (AvgIpc) is 2.76. The minimum atomic E-state index is 0.257. The number of aryl methyl sites for hydroxylation is 2. The van der Waals surface area contributed by atoms with Gasteiger partial charge in [-0.1, -0.05) is 12.8 Å². The predicted octanol–water partition coefficient (Wildman–Crippen LogP) is 2.68. The molecule has 1 amide bonds. The molecular formula is C16H25N3O. The van der Waals surface area contributed by atoms with E-state index in [0.717, 1.165) is 23.9 Å². The summed E-state index contributed by atoms with van der Waals surface area (Å²) in [5, 5.41) is 4.42. The number of rotatable bonds is 2. The standard InChI is InChI=1S/C16H25N3O/c1-12-10-13(2)19(17-12)11-16(20)18-9-5-7-14-6-3-4-8-15(14)18/h10,14-15H,3-9,11H2,1-2H3. The Morgan fingerprint density at radius 3 is 2.75 bits per heavy atom. The van der Waals surface area contributed by atoms with Gasteiger partial charge in [-0.15, -0.1) is 0 Å². The molecule has 1 aromatic heterocycles. The first-order valence-electron chi connectivity index (χ1n) is 7.95. The van der Waals surface area contributed by atoms with E-state index in [9.17, 15) is 4.79 Å². The first kappa shape index (κ1) is 13.7. The van der Waals surface area contributed by atoms with Gasteiger partial charge < -0.3 is 4.90 Å². The van der Waals surface area contributed by atoms with E-state index in [4.69, 9.17) is 0 Å². The molecule has 110 valence electrons. The third-order valence-corrected chi connectivity index (χ3v) is 4.95. The van der Waals surface area contributed by atoms with Crippen LogP contribution in [-0.2, 0) is 11.3 Å². The molecule has 2 unspecified atom stereocenters. The molecular weight excluding hydrogens is 250 g/mol. The first-order valence-corrected chi connectivity index (χ1v) is 7.95. The Morgan fingerprint density at radius 2 is 2.00 bits per heavy atom. The molecule has 0 N–H and O–H groups in total. The van der Waals surface area contributed by atoms with Crippen molar-refractivity contribution in [2.24, 2.45) is 5.92 Å². The average molecular weight is 275 g/mol. The summed E-state index contributed by atoms with van der Waals surface area (Å²) >= 11 is 0. The molecule has 1 aromatic rings. The van der Waals surface area contributed by atoms with Gasteiger partial charge in [-0.25, -0.2) is 0 Å². The fraction of sp³-hybridized carbons (Fsp3) is 0.750. The maximum absolute atomic E-state index is 12.6. The van der Waals surface area contributed by atoms with E-state index in [2.05, 4.69) is 10.00 Å². The molecule has 1 aliphatic carbocycles. The Kier molecular flexibility index (Phi) is 3.81. The number of piperidine rings is 1. The second-order valence-electron chi connectivity index (χ2n) is 6.43. The van der Waals surface area contributed by atoms with Gasteiger partial charge in [0.25, 0.3) is 0 Å². The van der Waals surface area contributed by atoms with Crippen LogP contribution >= 0.6 is 0 Å². The zero-order valence-electron chi connectivity index (χ0n) is 12.6. The lowest BCUT2D eigenvalue weighted by Gasteiger charge is -2.44. The summed E-state index contributed by atoms with van der Waals surface area (Å²) in [6.07, 6.45) is 7.63. The van der Waals surface area contributed by atoms with Gasteiger partial charge in [0.05, 0.1) is 5.69 Å². The number of hydrogen-bond donors (Lipinski definition) is 0. The SMILES string of the molecule is Cc1cc(C)n(CC(=O)N2CCCC3CCCCC32)n1. The van der Waals surface area contributed by atoms with Gasteiger partial charge in [-0.2, -0.15) is 5.10 Å². The molecule has 0 aromatic carbocycles. The van der Waals surface area contributed by atoms with Gasteiger partial charge in [-0.05, 0) is 51.5 Å². The lowest BCUT2D eigenvalue weighted by atomic mass is 9.78. The smallest absolute Gasteiger partial charge is 0.244 e. The summed E-state index contributed by atoms with van der Waals surface area (Å²) < 4.78 is 1.85. The first-order chi connectivity index (χ1) is 9.65. The molecule has 0 bridgehead atoms. The van der Waals surface area contributed by atoms with Crippen LogP contribution < -0.4 is 0 Å². The van der Waals surface area contributed by atoms with Crippen molar-refractivity contribution in [2.45, 2.75) is 65.0 Å². The van der Waals surface area contributed by atoms with E-state index in [1.54, 1.807) is 0 Å². The highest BCUT2D eigenvalue weighted by Crippen LogP contribution is 2.35. The molecule has 4 heteroatoms. The number of aromatic nitrogens is 2. The van der Waals surface area contributed by atoms with Crippen molar-refractivity contribution in [2.75, 3.05) is 6.54 Å². The summed E-state index contributed by atoms with van der Waals surface area (Å²) in [5.41, 5.74) is 2.07. The monoisotopic (exact) mass is 275 g/mol. The molecule has 20 heavy (non-hydrogen) atoms. The van der Waals surface area contributed by atoms with Crippen LogP contribution in [0.25, 0.3) is 0 Å². The molecule has 3 rings (SSSR count). The minimum absolute atomic E-state index is 0.257. The van der Waals surface area contributed by atoms with Crippen LogP contribution in [0.1, 0.15) is 49.9 Å². The van der Waals surface area contributed by atoms with Gasteiger partial charge in [0, 0.05) is 18.3 Å². The Hall–Kier alpha value is -1.32. The Morgan fingerprint density at radius 1 is 1.25 bits per heavy atom. The molecule has 1 saturated carbocycles. The van der Waals surface area contributed by atoms with Crippen molar-refractivity contribution >= 4 is 5.91 Å². The predicted molar refractivity (Wildman–Crippen MR) is 78.4 cm³/mol. The van der Waals surface area contributed by atoms with E-state index < -0.39 is 0 Å². The van der Waals surface area contributed by atoms with Crippen LogP contribution in [-0.4, -0.2) is 33.2 Å². The Balaban J connectivity index is 1.71. The molecule has 0 spiro atoms. The highest BCUT2D eigenvalue weighted by Gasteiger charge is 2.35. The molecule has 1 aliphatic heterocycles. The second-order valence-corrected chi connectivity index (χ2v) is 6.43. The van der Waals surface area contributed by atoms with Gasteiger partial charge in [0.1, 0.15) is 6.54 Å². The molecule has 2 fully saturated rings. The lowest BCUT2D eigenvalue weighted by Crippen LogP contribution is -2.50. The molecule has 4 nitrogen and oxygen atoms in total. The topological polar surface area (TPSA) is 38.1 Å². The van der Waals surface area contributed by atoms with E-state index in [1.807, 2.05) is 24.6 Å². The second kappa shape index (κ2) is 5.58. The molecule has 2 aliphatic rings. The van der Waals surface area contributed by atoms with Gasteiger partial charge in [0.15, 0.2) is 0 Å². The van der Waals surface area contributed by atoms with Gasteiger partial charge in [-0.3, -0.25) is 9.48 Å². The lowest BCUT2D eigenvalue weighted by molar-refractivity contribution is -0.138. The number of amides is 1. The van der Waals surface area contributed by atoms with Crippen molar-refractivity contribution in [1.29, 1.82) is 0 Å². The van der Waals surface area contributed by atoms with E-state index in [1.165, 1.54) is 38.5 Å². The highest BCUT2D eigenvalue weighted by atomic mass is 16.2. The number of hydrogen-bond acceptors (Lipinski definition) is 2. The largest absolute Gasteiger partial charge is 0.338 e. The molecule has 1 saturated heterocycles. The summed E-state index contributed by atoms with van der Waals surface area (Å²) in [7, 11) is 0. The third kappa shape index (κ3) is 2.60. The zero-order chi connectivity index (χ0) is 14.1. The van der Waals surface area contributed by atoms with E-state index in [0.29, 0.717) is 12.6 Å². The fourth-order valence-corrected chi connectivity index (χ4v) is 3.99. The van der Waals surface area contributed by atoms with Crippen molar-refractivity contribution in [1.82, 2.24) is 14.7 Å². The number of nitrogens with zero attached hydrogens (tertiary/aromatic N) is 3. The summed E-state index contributed by atoms with van der Waals surface area (Å²) in [5.74, 6) is 1.01. The van der Waals surface area contributed by atoms with Crippen LogP contribution in [0.5, 0.6) is 0 Å². The van der Waals surface area contributed by atoms with Crippen LogP contribution in [0.3, 0.4) is 0 Å². The van der Waals surface area contributed by atoms with E-state index in [-0.39, 0.29) is 5.91 Å². The maximum atomic E-state index is 12.6. The highest BCUT2D eigenvalue weighted by molar-refractivity contribution is 5.76. The van der Waals surface area contributed by atoms with Crippen LogP contribution in [0, 0.1) is 19.8 Å². The van der Waals surface area contributed by atoms with Crippen molar-refractivity contribution < 1.29 is 4.79 Å². The number of carbonyl (C=O) groups excluding carboxylic acids is 1. The minimum Gasteiger partial charge on any atom is -0.338 e. The van der Waals surface area contributed by atoms with Gasteiger partial charge >= 0.3 is 0 Å². The number of likely N-dealkylation sites (tertiary alicyclic amines) is 1. The summed E-state index contributed by atoms with van der Waals surface area (Å²) in [6.45, 7) is 5.35. The van der Waals surface area contributed by atoms with Crippen LogP contribution in [0.4, 0.5) is 0 Å². The Bertz CT molecular complexity index is 492. The van der Waals surface area contributed by atoms with Gasteiger partial charge in [0.2, 0.25) is 5.91 Å². The maximum Gasteiger partial charge on any atom is 0.244 e. The fourth-order valence-electron chi connectivity index (χ4n) is 3.99. The third-order valence-electron chi connectivity index (χ3n) is 4.95. The summed E-state index contributed by atoms with van der Waals surface area (Å²) in [6, 6.07) is 2.54. The van der Waals surface area contributed by atoms with Crippen LogP contribution in [0.15, 0.2) is 6.07 Å². The van der Waals surface area contributed by atoms with Crippen molar-refractivity contribution in [3.05, 3.63) is 17.5 Å². The van der Waals surface area contributed by atoms with E-state index >= 15 is 0 Å². The van der Waals surface area contributed by atoms with Crippen molar-refractivity contribution in [3.8, 4) is 0 Å². The summed E-state index contributed by atoms with van der Waals surface area (Å²) in [4.78, 5) is 14.8. The quantitative estimate of drug-likeness (QED) is 0.832. The van der Waals surface area contributed by atoms with Crippen molar-refractivity contribution in [3.63, 3.8) is 0 Å². The molecule has 2 heterocycles. The van der Waals surface area contributed by atoms with Crippen LogP contribution in [0.2, 0.25) is 0 Å². The zero-order valence-corrected chi connectivity index (χ0v) is 12.6. The number of fused-ring (bicyclic) bond motifs is 1. The number of carbonyl (C=O) groups is 1. The molecule has 0 radical (unpaired) electrons. The molecule has 2 atom stereocenters. The Labute approximate surface area is 121 Å².